The van der Waals surface area contributed by atoms with Crippen molar-refractivity contribution in [2.45, 2.75) is 62.8 Å². The molecule has 1 aliphatic heterocycles. The quantitative estimate of drug-likeness (QED) is 0.822. The third kappa shape index (κ3) is 1.78. The minimum Gasteiger partial charge on any atom is -0.308 e. The molecule has 1 saturated heterocycles. The molecule has 2 nitrogen and oxygen atoms in total. The Morgan fingerprint density at radius 2 is 1.83 bits per heavy atom. The molecule has 3 fully saturated rings. The third-order valence-electron chi connectivity index (χ3n) is 5.11. The van der Waals surface area contributed by atoms with Crippen molar-refractivity contribution < 1.29 is 13.2 Å². The normalized spacial score (nSPS) is 40.8. The summed E-state index contributed by atoms with van der Waals surface area (Å²) in [6, 6.07) is -0.0269. The van der Waals surface area contributed by atoms with E-state index in [1.54, 1.807) is 4.90 Å². The molecular weight excluding hydrogens is 241 g/mol. The van der Waals surface area contributed by atoms with Crippen LogP contribution in [0, 0.1) is 5.92 Å². The van der Waals surface area contributed by atoms with Crippen molar-refractivity contribution in [1.82, 2.24) is 10.2 Å². The van der Waals surface area contributed by atoms with E-state index in [9.17, 15) is 13.2 Å². The molecular formula is C13H21F3N2. The molecule has 5 heteroatoms. The summed E-state index contributed by atoms with van der Waals surface area (Å²) in [6.45, 7) is 5.21. The molecule has 2 saturated carbocycles. The van der Waals surface area contributed by atoms with Crippen molar-refractivity contribution in [3.8, 4) is 0 Å². The monoisotopic (exact) mass is 262 g/mol. The number of hydrogen-bond acceptors (Lipinski definition) is 2. The number of nitrogens with one attached hydrogen (secondary N) is 1. The highest BCUT2D eigenvalue weighted by Gasteiger charge is 2.68. The van der Waals surface area contributed by atoms with E-state index in [-0.39, 0.29) is 24.4 Å². The van der Waals surface area contributed by atoms with E-state index in [0.29, 0.717) is 19.0 Å². The van der Waals surface area contributed by atoms with Crippen LogP contribution in [0.3, 0.4) is 0 Å². The molecule has 18 heavy (non-hydrogen) atoms. The Morgan fingerprint density at radius 1 is 1.22 bits per heavy atom. The number of alkyl halides is 3. The van der Waals surface area contributed by atoms with Gasteiger partial charge >= 0.3 is 6.18 Å². The molecule has 0 aromatic rings. The lowest BCUT2D eigenvalue weighted by Gasteiger charge is -2.49. The Kier molecular flexibility index (Phi) is 2.57. The first-order valence-electron chi connectivity index (χ1n) is 6.87. The summed E-state index contributed by atoms with van der Waals surface area (Å²) in [5.74, 6) is 0.566. The Labute approximate surface area is 106 Å². The molecule has 104 valence electrons. The number of piperazine rings is 1. The average Bonchev–Trinajstić information content (AvgIpc) is 3.15. The van der Waals surface area contributed by atoms with Crippen LogP contribution >= 0.6 is 0 Å². The van der Waals surface area contributed by atoms with E-state index in [4.69, 9.17) is 0 Å². The fourth-order valence-corrected chi connectivity index (χ4v) is 3.48. The smallest absolute Gasteiger partial charge is 0.308 e. The van der Waals surface area contributed by atoms with Gasteiger partial charge in [0.2, 0.25) is 0 Å². The minimum absolute atomic E-state index is 0.0269. The first-order valence-corrected chi connectivity index (χ1v) is 6.87. The molecule has 2 atom stereocenters. The van der Waals surface area contributed by atoms with E-state index >= 15 is 0 Å². The van der Waals surface area contributed by atoms with Crippen molar-refractivity contribution in [3.05, 3.63) is 0 Å². The highest BCUT2D eigenvalue weighted by Crippen LogP contribution is 2.56. The maximum absolute atomic E-state index is 13.3. The van der Waals surface area contributed by atoms with E-state index in [0.717, 1.165) is 12.8 Å². The molecule has 1 N–H and O–H groups in total. The maximum atomic E-state index is 13.3. The second kappa shape index (κ2) is 3.63. The number of rotatable bonds is 2. The van der Waals surface area contributed by atoms with Crippen molar-refractivity contribution in [1.29, 1.82) is 0 Å². The van der Waals surface area contributed by atoms with Crippen LogP contribution in [-0.4, -0.2) is 41.3 Å². The Morgan fingerprint density at radius 3 is 2.28 bits per heavy atom. The molecule has 3 rings (SSSR count). The molecule has 0 aromatic heterocycles. The molecule has 0 bridgehead atoms. The van der Waals surface area contributed by atoms with Gasteiger partial charge in [0.1, 0.15) is 5.54 Å². The summed E-state index contributed by atoms with van der Waals surface area (Å²) >= 11 is 0. The minimum atomic E-state index is -4.08. The second-order valence-corrected chi connectivity index (χ2v) is 6.58. The highest BCUT2D eigenvalue weighted by atomic mass is 19.4. The average molecular weight is 262 g/mol. The fraction of sp³-hybridized carbons (Fsp3) is 1.00. The largest absolute Gasteiger partial charge is 0.406 e. The zero-order chi connectivity index (χ0) is 13.2. The number of halogens is 3. The van der Waals surface area contributed by atoms with E-state index in [1.807, 2.05) is 6.92 Å². The third-order valence-corrected chi connectivity index (χ3v) is 5.11. The van der Waals surface area contributed by atoms with Gasteiger partial charge in [-0.1, -0.05) is 0 Å². The van der Waals surface area contributed by atoms with Crippen molar-refractivity contribution in [2.75, 3.05) is 13.1 Å². The molecule has 0 amide bonds. The predicted octanol–water partition coefficient (Wildman–Crippen LogP) is 2.54. The van der Waals surface area contributed by atoms with Crippen LogP contribution in [0.5, 0.6) is 0 Å². The number of hydrogen-bond donors (Lipinski definition) is 1. The maximum Gasteiger partial charge on any atom is 0.406 e. The van der Waals surface area contributed by atoms with Crippen LogP contribution in [0.2, 0.25) is 0 Å². The van der Waals surface area contributed by atoms with Crippen LogP contribution < -0.4 is 5.32 Å². The standard InChI is InChI=1S/C13H21F3N2/c1-9-7-17-11(2,10-3-4-10)8-18(9)12(5-6-12)13(14,15)16/h9-10,17H,3-8H2,1-2H3. The van der Waals surface area contributed by atoms with Crippen LogP contribution in [0.1, 0.15) is 39.5 Å². The lowest BCUT2D eigenvalue weighted by molar-refractivity contribution is -0.208. The Balaban J connectivity index is 1.82. The van der Waals surface area contributed by atoms with Crippen LogP contribution in [0.4, 0.5) is 13.2 Å². The second-order valence-electron chi connectivity index (χ2n) is 6.58. The molecule has 2 aliphatic carbocycles. The lowest BCUT2D eigenvalue weighted by atomic mass is 9.89. The lowest BCUT2D eigenvalue weighted by Crippen LogP contribution is -2.68. The van der Waals surface area contributed by atoms with Gasteiger partial charge in [0.25, 0.3) is 0 Å². The van der Waals surface area contributed by atoms with Gasteiger partial charge in [-0.25, -0.2) is 0 Å². The zero-order valence-corrected chi connectivity index (χ0v) is 11.0. The van der Waals surface area contributed by atoms with Gasteiger partial charge in [0.15, 0.2) is 0 Å². The highest BCUT2D eigenvalue weighted by molar-refractivity contribution is 5.15. The molecule has 1 heterocycles. The summed E-state index contributed by atoms with van der Waals surface area (Å²) in [5.41, 5.74) is -1.63. The molecule has 0 radical (unpaired) electrons. The number of nitrogens with zero attached hydrogens (tertiary/aromatic N) is 1. The van der Waals surface area contributed by atoms with Gasteiger partial charge < -0.3 is 5.32 Å². The van der Waals surface area contributed by atoms with Crippen molar-refractivity contribution >= 4 is 0 Å². The van der Waals surface area contributed by atoms with Gasteiger partial charge in [0, 0.05) is 24.7 Å². The SMILES string of the molecule is CC1CNC(C)(C2CC2)CN1C1(C(F)(F)F)CC1. The van der Waals surface area contributed by atoms with Crippen molar-refractivity contribution in [3.63, 3.8) is 0 Å². The van der Waals surface area contributed by atoms with E-state index < -0.39 is 11.7 Å². The summed E-state index contributed by atoms with van der Waals surface area (Å²) in [4.78, 5) is 1.74. The van der Waals surface area contributed by atoms with Gasteiger partial charge in [-0.2, -0.15) is 13.2 Å². The van der Waals surface area contributed by atoms with Crippen LogP contribution in [-0.2, 0) is 0 Å². The molecule has 0 spiro atoms. The van der Waals surface area contributed by atoms with Gasteiger partial charge in [-0.3, -0.25) is 4.90 Å². The fourth-order valence-electron chi connectivity index (χ4n) is 3.48. The molecule has 0 aromatic carbocycles. The summed E-state index contributed by atoms with van der Waals surface area (Å²) in [6.07, 6.45) is -1.21. The van der Waals surface area contributed by atoms with Crippen LogP contribution in [0.15, 0.2) is 0 Å². The zero-order valence-electron chi connectivity index (χ0n) is 11.0. The Bertz CT molecular complexity index is 347. The summed E-state index contributed by atoms with van der Waals surface area (Å²) in [7, 11) is 0. The van der Waals surface area contributed by atoms with Crippen LogP contribution in [0.25, 0.3) is 0 Å². The van der Waals surface area contributed by atoms with Gasteiger partial charge in [-0.15, -0.1) is 0 Å². The topological polar surface area (TPSA) is 15.3 Å². The Hall–Kier alpha value is -0.290. The summed E-state index contributed by atoms with van der Waals surface area (Å²) < 4.78 is 39.8. The van der Waals surface area contributed by atoms with Gasteiger partial charge in [0.05, 0.1) is 0 Å². The first kappa shape index (κ1) is 12.7. The van der Waals surface area contributed by atoms with Gasteiger partial charge in [-0.05, 0) is 45.4 Å². The summed E-state index contributed by atoms with van der Waals surface area (Å²) in [5, 5.41) is 3.48. The van der Waals surface area contributed by atoms with E-state index in [1.165, 1.54) is 0 Å². The van der Waals surface area contributed by atoms with E-state index in [2.05, 4.69) is 12.2 Å². The first-order chi connectivity index (χ1) is 8.29. The molecule has 2 unspecified atom stereocenters. The molecule has 3 aliphatic rings. The van der Waals surface area contributed by atoms with Crippen molar-refractivity contribution in [2.24, 2.45) is 5.92 Å². The predicted molar refractivity (Wildman–Crippen MR) is 63.3 cm³/mol.